The summed E-state index contributed by atoms with van der Waals surface area (Å²) in [6.45, 7) is 11.5. The number of carbonyl (C=O) groups is 2. The maximum atomic E-state index is 11.6. The Hall–Kier alpha value is -0.443. The first kappa shape index (κ1) is 16.0. The number of carbonyl (C=O) groups excluding carboxylic acids is 2. The Balaban J connectivity index is 0. The largest absolute Gasteiger partial charge is 0.305 e. The first-order valence-electron chi connectivity index (χ1n) is 4.62. The second-order valence-electron chi connectivity index (χ2n) is 5.52. The van der Waals surface area contributed by atoms with Gasteiger partial charge in [-0.05, 0) is 0 Å². The third-order valence-corrected chi connectivity index (χ3v) is 3.84. The van der Waals surface area contributed by atoms with Gasteiger partial charge in [-0.1, -0.05) is 47.8 Å². The summed E-state index contributed by atoms with van der Waals surface area (Å²) >= 11 is 0. The predicted octanol–water partition coefficient (Wildman–Crippen LogP) is 3.07. The first-order chi connectivity index (χ1) is 5.55. The van der Waals surface area contributed by atoms with Gasteiger partial charge in [-0.15, -0.1) is 0 Å². The summed E-state index contributed by atoms with van der Waals surface area (Å²) in [7, 11) is -1.76. The Bertz CT molecular complexity index is 194. The van der Waals surface area contributed by atoms with Crippen molar-refractivity contribution in [3.8, 4) is 0 Å². The Morgan fingerprint density at radius 1 is 1.07 bits per heavy atom. The summed E-state index contributed by atoms with van der Waals surface area (Å²) in [6.07, 6.45) is 0.124. The van der Waals surface area contributed by atoms with Crippen molar-refractivity contribution in [2.75, 3.05) is 0 Å². The van der Waals surface area contributed by atoms with Crippen LogP contribution in [0.1, 0.15) is 34.6 Å². The molecule has 0 aromatic heterocycles. The molecule has 0 amide bonds. The molecule has 2 nitrogen and oxygen atoms in total. The minimum Gasteiger partial charge on any atom is -0.305 e. The van der Waals surface area contributed by atoms with E-state index in [1.54, 1.807) is 0 Å². The fourth-order valence-electron chi connectivity index (χ4n) is 0.676. The standard InChI is InChI=1S/C10H20O2Si.CH4/c1-10(2,3)8(11)7-9(12)13(4,5)6;/h7H2,1-6H3;1H4. The van der Waals surface area contributed by atoms with Crippen molar-refractivity contribution in [3.05, 3.63) is 0 Å². The number of hydrogen-bond acceptors (Lipinski definition) is 2. The van der Waals surface area contributed by atoms with Crippen molar-refractivity contribution >= 4 is 19.3 Å². The molecule has 0 fully saturated rings. The zero-order chi connectivity index (χ0) is 10.9. The van der Waals surface area contributed by atoms with E-state index in [4.69, 9.17) is 0 Å². The van der Waals surface area contributed by atoms with Gasteiger partial charge in [0.15, 0.2) is 0 Å². The van der Waals surface area contributed by atoms with Gasteiger partial charge < -0.3 is 4.79 Å². The highest BCUT2D eigenvalue weighted by Crippen LogP contribution is 2.18. The molecule has 0 bridgehead atoms. The molecule has 0 spiro atoms. The molecule has 0 saturated carbocycles. The maximum Gasteiger partial charge on any atom is 0.145 e. The van der Waals surface area contributed by atoms with Crippen molar-refractivity contribution in [2.24, 2.45) is 5.41 Å². The fraction of sp³-hybridized carbons (Fsp3) is 0.818. The van der Waals surface area contributed by atoms with Crippen LogP contribution in [0.15, 0.2) is 0 Å². The molecule has 0 aliphatic heterocycles. The predicted molar refractivity (Wildman–Crippen MR) is 64.2 cm³/mol. The van der Waals surface area contributed by atoms with Crippen molar-refractivity contribution in [2.45, 2.75) is 54.3 Å². The number of hydrogen-bond donors (Lipinski definition) is 0. The van der Waals surface area contributed by atoms with Crippen LogP contribution < -0.4 is 0 Å². The van der Waals surface area contributed by atoms with E-state index >= 15 is 0 Å². The normalized spacial score (nSPS) is 11.9. The lowest BCUT2D eigenvalue weighted by molar-refractivity contribution is -0.129. The van der Waals surface area contributed by atoms with Crippen LogP contribution in [0.25, 0.3) is 0 Å². The third-order valence-electron chi connectivity index (χ3n) is 1.99. The van der Waals surface area contributed by atoms with Crippen LogP contribution in [-0.2, 0) is 9.59 Å². The number of ketones is 1. The molecule has 0 aromatic carbocycles. The number of rotatable bonds is 3. The molecule has 0 atom stereocenters. The summed E-state index contributed by atoms with van der Waals surface area (Å²) in [5.74, 6) is 0.0555. The molecule has 0 heterocycles. The second kappa shape index (κ2) is 4.87. The molecule has 3 heteroatoms. The molecule has 14 heavy (non-hydrogen) atoms. The molecular weight excluding hydrogens is 192 g/mol. The van der Waals surface area contributed by atoms with E-state index in [9.17, 15) is 9.59 Å². The Labute approximate surface area is 89.1 Å². The van der Waals surface area contributed by atoms with Gasteiger partial charge in [0.05, 0.1) is 6.42 Å². The van der Waals surface area contributed by atoms with Gasteiger partial charge in [-0.3, -0.25) is 4.79 Å². The van der Waals surface area contributed by atoms with Gasteiger partial charge in [0, 0.05) is 5.41 Å². The minimum absolute atomic E-state index is 0. The quantitative estimate of drug-likeness (QED) is 0.537. The van der Waals surface area contributed by atoms with Crippen LogP contribution in [0, 0.1) is 5.41 Å². The number of Topliss-reactive ketones (excluding diaryl/α,β-unsaturated/α-hetero) is 1. The SMILES string of the molecule is C.CC(C)(C)C(=O)CC(=O)[Si](C)(C)C. The Morgan fingerprint density at radius 2 is 1.43 bits per heavy atom. The summed E-state index contributed by atoms with van der Waals surface area (Å²) in [5.41, 5.74) is -0.380. The molecule has 0 aliphatic rings. The summed E-state index contributed by atoms with van der Waals surface area (Å²) in [4.78, 5) is 23.1. The summed E-state index contributed by atoms with van der Waals surface area (Å²) in [5, 5.41) is 0.160. The lowest BCUT2D eigenvalue weighted by atomic mass is 9.89. The molecule has 0 N–H and O–H groups in total. The topological polar surface area (TPSA) is 34.1 Å². The maximum absolute atomic E-state index is 11.6. The fourth-order valence-corrected chi connectivity index (χ4v) is 1.37. The monoisotopic (exact) mass is 216 g/mol. The first-order valence-corrected chi connectivity index (χ1v) is 8.12. The molecule has 84 valence electrons. The highest BCUT2D eigenvalue weighted by molar-refractivity contribution is 7.03. The van der Waals surface area contributed by atoms with Gasteiger partial charge in [-0.25, -0.2) is 0 Å². The summed E-state index contributed by atoms with van der Waals surface area (Å²) in [6, 6.07) is 0. The van der Waals surface area contributed by atoms with E-state index in [0.29, 0.717) is 0 Å². The van der Waals surface area contributed by atoms with E-state index in [-0.39, 0.29) is 30.5 Å². The van der Waals surface area contributed by atoms with Crippen LogP contribution in [-0.4, -0.2) is 19.3 Å². The second-order valence-corrected chi connectivity index (χ2v) is 10.6. The van der Waals surface area contributed by atoms with Crippen LogP contribution in [0.4, 0.5) is 0 Å². The van der Waals surface area contributed by atoms with E-state index in [2.05, 4.69) is 0 Å². The van der Waals surface area contributed by atoms with E-state index in [1.807, 2.05) is 40.4 Å². The molecule has 0 saturated heterocycles. The van der Waals surface area contributed by atoms with Crippen LogP contribution in [0.5, 0.6) is 0 Å². The lowest BCUT2D eigenvalue weighted by Gasteiger charge is -2.19. The molecule has 0 radical (unpaired) electrons. The van der Waals surface area contributed by atoms with Gasteiger partial charge in [0.25, 0.3) is 0 Å². The van der Waals surface area contributed by atoms with Gasteiger partial charge >= 0.3 is 0 Å². The molecule has 0 aliphatic carbocycles. The van der Waals surface area contributed by atoms with E-state index in [1.165, 1.54) is 0 Å². The van der Waals surface area contributed by atoms with Crippen LogP contribution in [0.2, 0.25) is 19.6 Å². The summed E-state index contributed by atoms with van der Waals surface area (Å²) < 4.78 is 0. The average Bonchev–Trinajstić information content (AvgIpc) is 1.82. The van der Waals surface area contributed by atoms with Gasteiger partial charge in [0.2, 0.25) is 0 Å². The Kier molecular flexibility index (Phi) is 5.57. The molecular formula is C11H24O2Si. The Morgan fingerprint density at radius 3 is 1.64 bits per heavy atom. The van der Waals surface area contributed by atoms with Crippen molar-refractivity contribution in [1.82, 2.24) is 0 Å². The van der Waals surface area contributed by atoms with Crippen molar-refractivity contribution < 1.29 is 9.59 Å². The zero-order valence-electron chi connectivity index (χ0n) is 9.52. The minimum atomic E-state index is -1.76. The van der Waals surface area contributed by atoms with E-state index in [0.717, 1.165) is 0 Å². The van der Waals surface area contributed by atoms with Crippen molar-refractivity contribution in [3.63, 3.8) is 0 Å². The zero-order valence-corrected chi connectivity index (χ0v) is 10.5. The van der Waals surface area contributed by atoms with Gasteiger partial charge in [-0.2, -0.15) is 0 Å². The highest BCUT2D eigenvalue weighted by atomic mass is 28.3. The van der Waals surface area contributed by atoms with E-state index < -0.39 is 8.07 Å². The third kappa shape index (κ3) is 5.32. The van der Waals surface area contributed by atoms with Crippen LogP contribution in [0.3, 0.4) is 0 Å². The lowest BCUT2D eigenvalue weighted by Crippen LogP contribution is -2.37. The molecule has 0 unspecified atom stereocenters. The average molecular weight is 216 g/mol. The molecule has 0 aromatic rings. The highest BCUT2D eigenvalue weighted by Gasteiger charge is 2.30. The van der Waals surface area contributed by atoms with Crippen molar-refractivity contribution in [1.29, 1.82) is 0 Å². The van der Waals surface area contributed by atoms with Crippen LogP contribution >= 0.6 is 0 Å². The smallest absolute Gasteiger partial charge is 0.145 e. The van der Waals surface area contributed by atoms with Gasteiger partial charge in [0.1, 0.15) is 19.3 Å². The molecule has 0 rings (SSSR count).